The lowest BCUT2D eigenvalue weighted by Gasteiger charge is -2.17. The Bertz CT molecular complexity index is 940. The van der Waals surface area contributed by atoms with Gasteiger partial charge in [0.05, 0.1) is 5.69 Å². The van der Waals surface area contributed by atoms with Gasteiger partial charge in [-0.2, -0.15) is 0 Å². The first kappa shape index (κ1) is 16.5. The van der Waals surface area contributed by atoms with Crippen LogP contribution in [0.3, 0.4) is 0 Å². The molecule has 1 fully saturated rings. The third-order valence-electron chi connectivity index (χ3n) is 4.90. The Labute approximate surface area is 153 Å². The number of nitrogens with zero attached hydrogens (tertiary/aromatic N) is 3. The van der Waals surface area contributed by atoms with Crippen molar-refractivity contribution in [3.8, 4) is 11.3 Å². The zero-order chi connectivity index (χ0) is 17.9. The van der Waals surface area contributed by atoms with E-state index >= 15 is 0 Å². The summed E-state index contributed by atoms with van der Waals surface area (Å²) in [6.45, 7) is 4.08. The minimum absolute atomic E-state index is 0.0259. The predicted molar refractivity (Wildman–Crippen MR) is 104 cm³/mol. The number of anilines is 1. The summed E-state index contributed by atoms with van der Waals surface area (Å²) in [4.78, 5) is 22.6. The first-order valence-electron chi connectivity index (χ1n) is 9.00. The molecule has 132 valence electrons. The van der Waals surface area contributed by atoms with Crippen molar-refractivity contribution in [2.45, 2.75) is 13.3 Å². The third kappa shape index (κ3) is 3.52. The number of carbonyl (C=O) groups is 1. The quantitative estimate of drug-likeness (QED) is 0.788. The molecule has 2 aromatic carbocycles. The van der Waals surface area contributed by atoms with Crippen molar-refractivity contribution >= 4 is 22.6 Å². The van der Waals surface area contributed by atoms with Crippen LogP contribution in [0.5, 0.6) is 0 Å². The first-order valence-corrected chi connectivity index (χ1v) is 9.00. The fourth-order valence-electron chi connectivity index (χ4n) is 3.48. The van der Waals surface area contributed by atoms with Crippen molar-refractivity contribution in [3.05, 3.63) is 54.7 Å². The molecule has 1 aromatic heterocycles. The monoisotopic (exact) mass is 346 g/mol. The maximum atomic E-state index is 11.1. The number of benzene rings is 2. The Morgan fingerprint density at radius 1 is 1.19 bits per heavy atom. The molecule has 2 heterocycles. The Hall–Kier alpha value is -2.95. The van der Waals surface area contributed by atoms with E-state index in [1.54, 1.807) is 6.92 Å². The van der Waals surface area contributed by atoms with E-state index in [9.17, 15) is 4.79 Å². The van der Waals surface area contributed by atoms with Crippen LogP contribution in [-0.2, 0) is 4.79 Å². The molecule has 1 atom stereocenters. The highest BCUT2D eigenvalue weighted by molar-refractivity contribution is 5.86. The minimum atomic E-state index is 0.0259. The molecule has 4 rings (SSSR count). The molecule has 0 aliphatic carbocycles. The molecular weight excluding hydrogens is 324 g/mol. The number of rotatable bonds is 4. The molecule has 1 N–H and O–H groups in total. The van der Waals surface area contributed by atoms with E-state index in [1.165, 1.54) is 10.8 Å². The number of hydrogen-bond donors (Lipinski definition) is 1. The molecule has 3 aromatic rings. The molecule has 1 saturated heterocycles. The van der Waals surface area contributed by atoms with Crippen molar-refractivity contribution in [2.75, 3.05) is 24.5 Å². The second kappa shape index (κ2) is 7.12. The molecule has 0 saturated carbocycles. The molecule has 5 nitrogen and oxygen atoms in total. The number of hydrogen-bond acceptors (Lipinski definition) is 4. The lowest BCUT2D eigenvalue weighted by Crippen LogP contribution is -2.29. The van der Waals surface area contributed by atoms with Crippen LogP contribution in [0.2, 0.25) is 0 Å². The van der Waals surface area contributed by atoms with E-state index in [0.29, 0.717) is 5.92 Å². The molecule has 1 amide bonds. The van der Waals surface area contributed by atoms with Crippen LogP contribution >= 0.6 is 0 Å². The SMILES string of the molecule is CC(=O)NCC1CCN(c2nccc(-c3ccc4ccccc4c3)n2)C1. The van der Waals surface area contributed by atoms with E-state index in [2.05, 4.69) is 57.7 Å². The summed E-state index contributed by atoms with van der Waals surface area (Å²) >= 11 is 0. The first-order chi connectivity index (χ1) is 12.7. The van der Waals surface area contributed by atoms with Gasteiger partial charge in [-0.15, -0.1) is 0 Å². The van der Waals surface area contributed by atoms with Crippen LogP contribution in [-0.4, -0.2) is 35.5 Å². The molecule has 1 aliphatic heterocycles. The van der Waals surface area contributed by atoms with Gasteiger partial charge in [0.15, 0.2) is 0 Å². The molecule has 0 bridgehead atoms. The fraction of sp³-hybridized carbons (Fsp3) is 0.286. The van der Waals surface area contributed by atoms with Crippen LogP contribution in [0.15, 0.2) is 54.7 Å². The average molecular weight is 346 g/mol. The van der Waals surface area contributed by atoms with Gasteiger partial charge in [-0.25, -0.2) is 9.97 Å². The number of nitrogens with one attached hydrogen (secondary N) is 1. The fourth-order valence-corrected chi connectivity index (χ4v) is 3.48. The van der Waals surface area contributed by atoms with Gasteiger partial charge in [-0.3, -0.25) is 4.79 Å². The van der Waals surface area contributed by atoms with Crippen molar-refractivity contribution < 1.29 is 4.79 Å². The van der Waals surface area contributed by atoms with Gasteiger partial charge < -0.3 is 10.2 Å². The molecular formula is C21H22N4O. The Balaban J connectivity index is 1.54. The molecule has 1 aliphatic rings. The molecule has 1 unspecified atom stereocenters. The van der Waals surface area contributed by atoms with Crippen molar-refractivity contribution in [1.82, 2.24) is 15.3 Å². The van der Waals surface area contributed by atoms with Crippen molar-refractivity contribution in [3.63, 3.8) is 0 Å². The maximum Gasteiger partial charge on any atom is 0.225 e. The highest BCUT2D eigenvalue weighted by atomic mass is 16.1. The predicted octanol–water partition coefficient (Wildman–Crippen LogP) is 3.26. The zero-order valence-corrected chi connectivity index (χ0v) is 14.9. The van der Waals surface area contributed by atoms with Gasteiger partial charge in [0.1, 0.15) is 0 Å². The van der Waals surface area contributed by atoms with Gasteiger partial charge in [0, 0.05) is 38.3 Å². The van der Waals surface area contributed by atoms with Gasteiger partial charge in [0.25, 0.3) is 0 Å². The second-order valence-corrected chi connectivity index (χ2v) is 6.84. The van der Waals surface area contributed by atoms with Crippen LogP contribution in [0.1, 0.15) is 13.3 Å². The summed E-state index contributed by atoms with van der Waals surface area (Å²) in [7, 11) is 0. The van der Waals surface area contributed by atoms with E-state index in [-0.39, 0.29) is 5.91 Å². The van der Waals surface area contributed by atoms with Crippen molar-refractivity contribution in [1.29, 1.82) is 0 Å². The zero-order valence-electron chi connectivity index (χ0n) is 14.9. The van der Waals surface area contributed by atoms with E-state index < -0.39 is 0 Å². The highest BCUT2D eigenvalue weighted by Gasteiger charge is 2.24. The summed E-state index contributed by atoms with van der Waals surface area (Å²) in [6, 6.07) is 16.7. The van der Waals surface area contributed by atoms with Crippen LogP contribution in [0.4, 0.5) is 5.95 Å². The summed E-state index contributed by atoms with van der Waals surface area (Å²) < 4.78 is 0. The third-order valence-corrected chi connectivity index (χ3v) is 4.90. The number of carbonyl (C=O) groups excluding carboxylic acids is 1. The van der Waals surface area contributed by atoms with E-state index in [0.717, 1.165) is 43.3 Å². The lowest BCUT2D eigenvalue weighted by molar-refractivity contribution is -0.119. The molecule has 0 radical (unpaired) electrons. The van der Waals surface area contributed by atoms with Gasteiger partial charge in [-0.1, -0.05) is 36.4 Å². The average Bonchev–Trinajstić information content (AvgIpc) is 3.15. The largest absolute Gasteiger partial charge is 0.356 e. The molecule has 26 heavy (non-hydrogen) atoms. The van der Waals surface area contributed by atoms with Crippen LogP contribution in [0, 0.1) is 5.92 Å². The second-order valence-electron chi connectivity index (χ2n) is 6.84. The van der Waals surface area contributed by atoms with Crippen LogP contribution < -0.4 is 10.2 Å². The highest BCUT2D eigenvalue weighted by Crippen LogP contribution is 2.26. The van der Waals surface area contributed by atoms with Gasteiger partial charge in [-0.05, 0) is 35.2 Å². The normalized spacial score (nSPS) is 16.8. The number of fused-ring (bicyclic) bond motifs is 1. The Kier molecular flexibility index (Phi) is 4.52. The summed E-state index contributed by atoms with van der Waals surface area (Å²) in [5, 5.41) is 5.34. The molecule has 0 spiro atoms. The topological polar surface area (TPSA) is 58.1 Å². The minimum Gasteiger partial charge on any atom is -0.356 e. The number of amides is 1. The molecule has 5 heteroatoms. The maximum absolute atomic E-state index is 11.1. The van der Waals surface area contributed by atoms with E-state index in [4.69, 9.17) is 4.98 Å². The van der Waals surface area contributed by atoms with Gasteiger partial charge >= 0.3 is 0 Å². The van der Waals surface area contributed by atoms with Crippen molar-refractivity contribution in [2.24, 2.45) is 5.92 Å². The van der Waals surface area contributed by atoms with Crippen LogP contribution in [0.25, 0.3) is 22.0 Å². The van der Waals surface area contributed by atoms with Gasteiger partial charge in [0.2, 0.25) is 11.9 Å². The van der Waals surface area contributed by atoms with E-state index in [1.807, 2.05) is 12.3 Å². The summed E-state index contributed by atoms with van der Waals surface area (Å²) in [6.07, 6.45) is 2.87. The lowest BCUT2D eigenvalue weighted by atomic mass is 10.1. The Morgan fingerprint density at radius 3 is 2.88 bits per heavy atom. The Morgan fingerprint density at radius 2 is 2.04 bits per heavy atom. The standard InChI is InChI=1S/C21H22N4O/c1-15(26)23-13-16-9-11-25(14-16)21-22-10-8-20(24-21)19-7-6-17-4-2-3-5-18(17)12-19/h2-8,10,12,16H,9,11,13-14H2,1H3,(H,23,26). The number of aromatic nitrogens is 2. The smallest absolute Gasteiger partial charge is 0.225 e. The summed E-state index contributed by atoms with van der Waals surface area (Å²) in [5.41, 5.74) is 2.03. The summed E-state index contributed by atoms with van der Waals surface area (Å²) in [5.74, 6) is 1.24.